The number of fused-ring (bicyclic) bond motifs is 3. The Morgan fingerprint density at radius 3 is 0.835 bits per heavy atom. The van der Waals surface area contributed by atoms with Gasteiger partial charge in [-0.15, -0.1) is 0 Å². The van der Waals surface area contributed by atoms with Gasteiger partial charge in [-0.2, -0.15) is 0 Å². The first-order valence-corrected chi connectivity index (χ1v) is 35.2. The summed E-state index contributed by atoms with van der Waals surface area (Å²) in [6.45, 7) is 9.50. The summed E-state index contributed by atoms with van der Waals surface area (Å²) in [6.07, 6.45) is 2.50. The molecule has 0 saturated heterocycles. The van der Waals surface area contributed by atoms with E-state index in [4.69, 9.17) is 0 Å². The molecule has 9 rings (SSSR count). The molecule has 0 aliphatic rings. The van der Waals surface area contributed by atoms with Crippen LogP contribution in [0.1, 0.15) is 77.2 Å². The summed E-state index contributed by atoms with van der Waals surface area (Å²) in [7, 11) is -11.6. The summed E-state index contributed by atoms with van der Waals surface area (Å²) >= 11 is 0. The van der Waals surface area contributed by atoms with Gasteiger partial charge in [-0.25, -0.2) is 25.3 Å². The van der Waals surface area contributed by atoms with Crippen LogP contribution in [0.3, 0.4) is 0 Å². The Kier molecular flexibility index (Phi) is 18.8. The van der Waals surface area contributed by atoms with Gasteiger partial charge in [0.05, 0.1) is 36.5 Å². The number of aryl methyl sites for hydroxylation is 3. The highest BCUT2D eigenvalue weighted by molar-refractivity contribution is 7.91. The summed E-state index contributed by atoms with van der Waals surface area (Å²) in [5, 5.41) is 18.9. The third kappa shape index (κ3) is 16.0. The van der Waals surface area contributed by atoms with Crippen molar-refractivity contribution in [2.24, 2.45) is 0 Å². The van der Waals surface area contributed by atoms with E-state index in [1.165, 1.54) is 20.8 Å². The molecule has 476 valence electrons. The van der Waals surface area contributed by atoms with Crippen LogP contribution in [0, 0.1) is 20.8 Å². The first kappa shape index (κ1) is 66.0. The molecule has 0 aliphatic heterocycles. The second kappa shape index (κ2) is 25.8. The SMILES string of the molecule is Cc1[nH]c2ccccc2c1CC(=O)N[C@](C)(CS(C)(=O)=O)C(=O)Nc1ccc(C(c2ccc(NC(=O)[C@@](C)(CS(C)(=O)=O)NC(=O)Cc3c(C)[nH]c4ccccc34)cc2)c2ccc(NC(=O)[C@@](C)(CS(C)(=O)=O)NC(=O)Cc3c(C)[nH]c4ccccc34)cc2)cc1. The molecule has 91 heavy (non-hydrogen) atoms. The van der Waals surface area contributed by atoms with E-state index in [9.17, 15) is 54.0 Å². The van der Waals surface area contributed by atoms with Crippen LogP contribution in [-0.4, -0.2) is 128 Å². The number of nitrogens with one attached hydrogen (secondary N) is 9. The van der Waals surface area contributed by atoms with Crippen molar-refractivity contribution in [1.82, 2.24) is 30.9 Å². The summed E-state index contributed by atoms with van der Waals surface area (Å²) in [5.74, 6) is -6.90. The molecule has 9 aromatic rings. The number of carbonyl (C=O) groups is 6. The maximum atomic E-state index is 14.3. The van der Waals surface area contributed by atoms with E-state index >= 15 is 0 Å². The van der Waals surface area contributed by atoms with Crippen molar-refractivity contribution in [3.05, 3.63) is 196 Å². The standard InChI is InChI=1S/C67H73N9O12S3/c1-40-52(49-16-10-13-19-55(49)68-40)34-58(77)74-65(4,37-89(7,83)84)62(80)71-46-28-22-43(23-29-46)61(44-24-30-47(31-25-44)72-63(81)66(5,38-90(8,85)86)75-59(78)35-53-41(2)69-56-20-14-11-17-50(53)56)45-26-32-48(33-27-45)73-64(82)67(6,39-91(9,87)88)76-60(79)36-54-42(3)70-57-21-15-12-18-51(54)57/h10-33,61,68-70H,34-39H2,1-9H3,(H,71,80)(H,72,81)(H,73,82)(H,74,77)(H,75,78)(H,76,79)/t65-,66-,67-/m1/s1. The number of aromatic amines is 3. The lowest BCUT2D eigenvalue weighted by Crippen LogP contribution is -2.58. The Labute approximate surface area is 528 Å². The maximum absolute atomic E-state index is 14.3. The summed E-state index contributed by atoms with van der Waals surface area (Å²) in [5.41, 5.74) is 3.73. The van der Waals surface area contributed by atoms with Gasteiger partial charge < -0.3 is 46.9 Å². The molecule has 0 unspecified atom stereocenters. The third-order valence-corrected chi connectivity index (χ3v) is 19.3. The van der Waals surface area contributed by atoms with Gasteiger partial charge in [0.1, 0.15) is 46.1 Å². The minimum absolute atomic E-state index is 0.138. The second-order valence-electron chi connectivity index (χ2n) is 24.4. The first-order valence-electron chi connectivity index (χ1n) is 29.1. The molecule has 6 amide bonds. The molecule has 24 heteroatoms. The summed E-state index contributed by atoms with van der Waals surface area (Å²) in [6, 6.07) is 42.3. The number of carbonyl (C=O) groups excluding carboxylic acids is 6. The quantitative estimate of drug-likeness (QED) is 0.0265. The fraction of sp³-hybridized carbons (Fsp3) is 0.284. The van der Waals surface area contributed by atoms with Crippen molar-refractivity contribution in [3.63, 3.8) is 0 Å². The van der Waals surface area contributed by atoms with Gasteiger partial charge in [-0.05, 0) is 130 Å². The number of para-hydroxylation sites is 3. The fourth-order valence-electron chi connectivity index (χ4n) is 11.9. The molecule has 3 heterocycles. The largest absolute Gasteiger partial charge is 0.358 e. The number of anilines is 3. The van der Waals surface area contributed by atoms with Gasteiger partial charge >= 0.3 is 0 Å². The van der Waals surface area contributed by atoms with Crippen LogP contribution < -0.4 is 31.9 Å². The zero-order valence-electron chi connectivity index (χ0n) is 51.8. The molecule has 3 atom stereocenters. The van der Waals surface area contributed by atoms with E-state index in [-0.39, 0.29) is 36.3 Å². The van der Waals surface area contributed by atoms with E-state index < -0.39 is 105 Å². The van der Waals surface area contributed by atoms with Gasteiger partial charge in [-0.3, -0.25) is 28.8 Å². The zero-order valence-corrected chi connectivity index (χ0v) is 54.2. The lowest BCUT2D eigenvalue weighted by molar-refractivity contribution is -0.128. The van der Waals surface area contributed by atoms with Gasteiger partial charge in [-0.1, -0.05) is 91.0 Å². The minimum atomic E-state index is -3.85. The maximum Gasteiger partial charge on any atom is 0.250 e. The van der Waals surface area contributed by atoms with E-state index in [2.05, 4.69) is 46.9 Å². The Bertz CT molecular complexity index is 4210. The number of sulfone groups is 3. The number of hydrogen-bond acceptors (Lipinski definition) is 12. The van der Waals surface area contributed by atoms with E-state index in [0.29, 0.717) is 33.4 Å². The fourth-order valence-corrected chi connectivity index (χ4v) is 15.7. The number of benzene rings is 6. The average molecular weight is 1290 g/mol. The Hall–Kier alpha value is -9.39. The zero-order chi connectivity index (χ0) is 66.0. The minimum Gasteiger partial charge on any atom is -0.358 e. The Morgan fingerprint density at radius 2 is 0.604 bits per heavy atom. The monoisotopic (exact) mass is 1290 g/mol. The highest BCUT2D eigenvalue weighted by Gasteiger charge is 2.42. The molecule has 6 aromatic carbocycles. The number of aromatic nitrogens is 3. The second-order valence-corrected chi connectivity index (χ2v) is 30.8. The van der Waals surface area contributed by atoms with Crippen molar-refractivity contribution >= 4 is 115 Å². The molecule has 21 nitrogen and oxygen atoms in total. The lowest BCUT2D eigenvalue weighted by atomic mass is 9.85. The summed E-state index contributed by atoms with van der Waals surface area (Å²) in [4.78, 5) is 93.7. The highest BCUT2D eigenvalue weighted by Crippen LogP contribution is 2.35. The van der Waals surface area contributed by atoms with E-state index in [0.717, 1.165) is 68.6 Å². The number of amides is 6. The molecule has 0 aliphatic carbocycles. The van der Waals surface area contributed by atoms with Crippen LogP contribution in [0.15, 0.2) is 146 Å². The number of H-pyrrole nitrogens is 3. The van der Waals surface area contributed by atoms with Crippen LogP contribution in [0.2, 0.25) is 0 Å². The predicted molar refractivity (Wildman–Crippen MR) is 355 cm³/mol. The van der Waals surface area contributed by atoms with E-state index in [1.807, 2.05) is 93.6 Å². The van der Waals surface area contributed by atoms with Crippen LogP contribution in [0.5, 0.6) is 0 Å². The smallest absolute Gasteiger partial charge is 0.250 e. The molecule has 0 bridgehead atoms. The van der Waals surface area contributed by atoms with E-state index in [1.54, 1.807) is 72.8 Å². The average Bonchev–Trinajstić information content (AvgIpc) is 1.79. The molecular weight excluding hydrogens is 1220 g/mol. The highest BCUT2D eigenvalue weighted by atomic mass is 32.2. The van der Waals surface area contributed by atoms with Crippen LogP contribution in [-0.2, 0) is 77.5 Å². The first-order chi connectivity index (χ1) is 42.7. The van der Waals surface area contributed by atoms with Gasteiger partial charge in [0.15, 0.2) is 0 Å². The number of hydrogen-bond donors (Lipinski definition) is 9. The third-order valence-electron chi connectivity index (χ3n) is 16.0. The van der Waals surface area contributed by atoms with Gasteiger partial charge in [0.25, 0.3) is 17.7 Å². The Morgan fingerprint density at radius 1 is 0.374 bits per heavy atom. The lowest BCUT2D eigenvalue weighted by Gasteiger charge is -2.29. The van der Waals surface area contributed by atoms with Crippen molar-refractivity contribution in [1.29, 1.82) is 0 Å². The van der Waals surface area contributed by atoms with Gasteiger partial charge in [0.2, 0.25) is 17.7 Å². The summed E-state index contributed by atoms with van der Waals surface area (Å²) < 4.78 is 77.2. The molecule has 9 N–H and O–H groups in total. The number of rotatable bonds is 24. The van der Waals surface area contributed by atoms with Crippen LogP contribution in [0.25, 0.3) is 32.7 Å². The van der Waals surface area contributed by atoms with Crippen molar-refractivity contribution in [3.8, 4) is 0 Å². The van der Waals surface area contributed by atoms with Crippen molar-refractivity contribution < 1.29 is 54.0 Å². The molecule has 0 radical (unpaired) electrons. The predicted octanol–water partition coefficient (Wildman–Crippen LogP) is 7.54. The Balaban J connectivity index is 0.983. The topological polar surface area (TPSA) is 324 Å². The molecule has 3 aromatic heterocycles. The van der Waals surface area contributed by atoms with Crippen LogP contribution in [0.4, 0.5) is 17.1 Å². The normalized spacial score (nSPS) is 14.0. The molecule has 0 fully saturated rings. The molecule has 0 spiro atoms. The molecular formula is C67H73N9O12S3. The molecule has 0 saturated carbocycles. The van der Waals surface area contributed by atoms with Gasteiger partial charge in [0, 0.05) is 91.5 Å². The van der Waals surface area contributed by atoms with Crippen LogP contribution >= 0.6 is 0 Å². The van der Waals surface area contributed by atoms with Crippen molar-refractivity contribution in [2.45, 2.75) is 83.3 Å². The van der Waals surface area contributed by atoms with Crippen molar-refractivity contribution in [2.75, 3.05) is 52.0 Å².